The standard InChI is InChI=1S/C10H15N7O2/c1-2-16-6-8(5-12-16)19-4-3-17-7-9(14-15-17)10(18)13-11/h5-7H,2-4,11H2,1H3,(H,13,18). The number of rotatable bonds is 6. The molecular weight excluding hydrogens is 250 g/mol. The summed E-state index contributed by atoms with van der Waals surface area (Å²) in [6.07, 6.45) is 4.97. The Balaban J connectivity index is 1.82. The van der Waals surface area contributed by atoms with Crippen LogP contribution >= 0.6 is 0 Å². The molecule has 2 aromatic heterocycles. The van der Waals surface area contributed by atoms with Crippen LogP contribution in [-0.2, 0) is 13.1 Å². The molecule has 0 fully saturated rings. The number of hydrogen-bond acceptors (Lipinski definition) is 6. The Morgan fingerprint density at radius 1 is 1.47 bits per heavy atom. The third kappa shape index (κ3) is 3.28. The van der Waals surface area contributed by atoms with E-state index in [1.807, 2.05) is 18.5 Å². The first kappa shape index (κ1) is 13.0. The molecule has 9 nitrogen and oxygen atoms in total. The van der Waals surface area contributed by atoms with Gasteiger partial charge in [0.2, 0.25) is 0 Å². The van der Waals surface area contributed by atoms with Crippen molar-refractivity contribution in [3.05, 3.63) is 24.3 Å². The van der Waals surface area contributed by atoms with Gasteiger partial charge in [0.15, 0.2) is 11.4 Å². The predicted molar refractivity (Wildman–Crippen MR) is 65.1 cm³/mol. The summed E-state index contributed by atoms with van der Waals surface area (Å²) in [6, 6.07) is 0. The summed E-state index contributed by atoms with van der Waals surface area (Å²) in [5, 5.41) is 11.6. The van der Waals surface area contributed by atoms with E-state index in [-0.39, 0.29) is 5.69 Å². The van der Waals surface area contributed by atoms with Crippen molar-refractivity contribution >= 4 is 5.91 Å². The maximum Gasteiger partial charge on any atom is 0.287 e. The molecule has 0 bridgehead atoms. The molecule has 2 aromatic rings. The molecule has 0 unspecified atom stereocenters. The van der Waals surface area contributed by atoms with Gasteiger partial charge in [0.25, 0.3) is 5.91 Å². The van der Waals surface area contributed by atoms with Gasteiger partial charge in [-0.05, 0) is 6.92 Å². The number of carbonyl (C=O) groups excluding carboxylic acids is 1. The number of carbonyl (C=O) groups is 1. The van der Waals surface area contributed by atoms with E-state index < -0.39 is 5.91 Å². The lowest BCUT2D eigenvalue weighted by Crippen LogP contribution is -2.30. The van der Waals surface area contributed by atoms with Crippen LogP contribution < -0.4 is 16.0 Å². The average Bonchev–Trinajstić information content (AvgIpc) is 3.07. The minimum atomic E-state index is -0.476. The average molecular weight is 265 g/mol. The van der Waals surface area contributed by atoms with Crippen LogP contribution in [0, 0.1) is 0 Å². The second-order valence-corrected chi connectivity index (χ2v) is 3.72. The number of hydrazine groups is 1. The monoisotopic (exact) mass is 265 g/mol. The fourth-order valence-electron chi connectivity index (χ4n) is 1.43. The molecule has 0 radical (unpaired) electrons. The van der Waals surface area contributed by atoms with E-state index >= 15 is 0 Å². The number of nitrogens with two attached hydrogens (primary N) is 1. The topological polar surface area (TPSA) is 113 Å². The van der Waals surface area contributed by atoms with Crippen LogP contribution in [0.3, 0.4) is 0 Å². The van der Waals surface area contributed by atoms with Gasteiger partial charge in [-0.3, -0.25) is 14.9 Å². The highest BCUT2D eigenvalue weighted by molar-refractivity contribution is 5.91. The Morgan fingerprint density at radius 3 is 3.00 bits per heavy atom. The number of nitrogens with zero attached hydrogens (tertiary/aromatic N) is 5. The van der Waals surface area contributed by atoms with Crippen molar-refractivity contribution in [1.29, 1.82) is 0 Å². The first-order valence-electron chi connectivity index (χ1n) is 5.79. The Labute approximate surface area is 109 Å². The summed E-state index contributed by atoms with van der Waals surface area (Å²) in [5.41, 5.74) is 2.16. The molecule has 0 spiro atoms. The van der Waals surface area contributed by atoms with Gasteiger partial charge in [-0.15, -0.1) is 5.10 Å². The molecule has 0 aliphatic heterocycles. The summed E-state index contributed by atoms with van der Waals surface area (Å²) in [6.45, 7) is 3.67. The van der Waals surface area contributed by atoms with Crippen molar-refractivity contribution in [1.82, 2.24) is 30.2 Å². The second-order valence-electron chi connectivity index (χ2n) is 3.72. The first-order chi connectivity index (χ1) is 9.22. The molecule has 0 saturated heterocycles. The van der Waals surface area contributed by atoms with Crippen LogP contribution in [0.1, 0.15) is 17.4 Å². The van der Waals surface area contributed by atoms with E-state index in [0.717, 1.165) is 6.54 Å². The van der Waals surface area contributed by atoms with Crippen molar-refractivity contribution < 1.29 is 9.53 Å². The molecule has 102 valence electrons. The summed E-state index contributed by atoms with van der Waals surface area (Å²) in [5.74, 6) is 5.22. The number of nitrogens with one attached hydrogen (secondary N) is 1. The number of hydrogen-bond donors (Lipinski definition) is 2. The fraction of sp³-hybridized carbons (Fsp3) is 0.400. The summed E-state index contributed by atoms with van der Waals surface area (Å²) in [7, 11) is 0. The van der Waals surface area contributed by atoms with Gasteiger partial charge in [-0.1, -0.05) is 5.21 Å². The molecule has 0 aliphatic carbocycles. The Morgan fingerprint density at radius 2 is 2.32 bits per heavy atom. The largest absolute Gasteiger partial charge is 0.488 e. The van der Waals surface area contributed by atoms with Gasteiger partial charge in [0, 0.05) is 6.54 Å². The molecule has 0 atom stereocenters. The van der Waals surface area contributed by atoms with Crippen molar-refractivity contribution in [3.63, 3.8) is 0 Å². The van der Waals surface area contributed by atoms with Crippen molar-refractivity contribution in [3.8, 4) is 5.75 Å². The predicted octanol–water partition coefficient (Wildman–Crippen LogP) is -0.823. The highest BCUT2D eigenvalue weighted by atomic mass is 16.5. The lowest BCUT2D eigenvalue weighted by Gasteiger charge is -2.02. The van der Waals surface area contributed by atoms with Gasteiger partial charge in [-0.25, -0.2) is 10.5 Å². The number of aromatic nitrogens is 5. The molecule has 2 rings (SSSR count). The Bertz CT molecular complexity index is 548. The molecule has 2 heterocycles. The van der Waals surface area contributed by atoms with Gasteiger partial charge < -0.3 is 4.74 Å². The van der Waals surface area contributed by atoms with Gasteiger partial charge in [0.05, 0.1) is 25.1 Å². The van der Waals surface area contributed by atoms with Crippen molar-refractivity contribution in [2.75, 3.05) is 6.61 Å². The van der Waals surface area contributed by atoms with E-state index in [4.69, 9.17) is 10.6 Å². The third-order valence-electron chi connectivity index (χ3n) is 2.43. The van der Waals surface area contributed by atoms with E-state index in [1.165, 1.54) is 10.9 Å². The Hall–Kier alpha value is -2.42. The lowest BCUT2D eigenvalue weighted by molar-refractivity contribution is 0.0948. The van der Waals surface area contributed by atoms with Crippen LogP contribution in [-0.4, -0.2) is 37.3 Å². The van der Waals surface area contributed by atoms with E-state index in [2.05, 4.69) is 15.4 Å². The minimum absolute atomic E-state index is 0.168. The van der Waals surface area contributed by atoms with Crippen LogP contribution in [0.25, 0.3) is 0 Å². The molecule has 19 heavy (non-hydrogen) atoms. The van der Waals surface area contributed by atoms with Crippen LogP contribution in [0.4, 0.5) is 0 Å². The SMILES string of the molecule is CCn1cc(OCCn2cc(C(=O)NN)nn2)cn1. The summed E-state index contributed by atoms with van der Waals surface area (Å²) < 4.78 is 8.77. The first-order valence-corrected chi connectivity index (χ1v) is 5.79. The summed E-state index contributed by atoms with van der Waals surface area (Å²) >= 11 is 0. The van der Waals surface area contributed by atoms with E-state index in [9.17, 15) is 4.79 Å². The third-order valence-corrected chi connectivity index (χ3v) is 2.43. The van der Waals surface area contributed by atoms with E-state index in [0.29, 0.717) is 18.9 Å². The van der Waals surface area contributed by atoms with Gasteiger partial charge in [0.1, 0.15) is 6.61 Å². The van der Waals surface area contributed by atoms with Crippen LogP contribution in [0.5, 0.6) is 5.75 Å². The fourth-order valence-corrected chi connectivity index (χ4v) is 1.43. The lowest BCUT2D eigenvalue weighted by atomic mass is 10.4. The molecule has 0 saturated carbocycles. The van der Waals surface area contributed by atoms with E-state index in [1.54, 1.807) is 10.9 Å². The molecular formula is C10H15N7O2. The number of aryl methyl sites for hydroxylation is 1. The molecule has 3 N–H and O–H groups in total. The smallest absolute Gasteiger partial charge is 0.287 e. The van der Waals surface area contributed by atoms with Crippen molar-refractivity contribution in [2.45, 2.75) is 20.0 Å². The zero-order valence-corrected chi connectivity index (χ0v) is 10.5. The van der Waals surface area contributed by atoms with Gasteiger partial charge in [-0.2, -0.15) is 5.10 Å². The van der Waals surface area contributed by atoms with Gasteiger partial charge >= 0.3 is 0 Å². The second kappa shape index (κ2) is 5.96. The number of ether oxygens (including phenoxy) is 1. The zero-order valence-electron chi connectivity index (χ0n) is 10.5. The quantitative estimate of drug-likeness (QED) is 0.401. The zero-order chi connectivity index (χ0) is 13.7. The van der Waals surface area contributed by atoms with Crippen molar-refractivity contribution in [2.24, 2.45) is 5.84 Å². The molecule has 1 amide bonds. The highest BCUT2D eigenvalue weighted by Gasteiger charge is 2.08. The normalized spacial score (nSPS) is 10.4. The number of nitrogen functional groups attached to an aromatic ring is 1. The molecule has 0 aromatic carbocycles. The molecule has 0 aliphatic rings. The van der Waals surface area contributed by atoms with Crippen LogP contribution in [0.15, 0.2) is 18.6 Å². The molecule has 9 heteroatoms. The highest BCUT2D eigenvalue weighted by Crippen LogP contribution is 2.07. The Kier molecular flexibility index (Phi) is 4.08. The number of amides is 1. The summed E-state index contributed by atoms with van der Waals surface area (Å²) in [4.78, 5) is 11.2. The minimum Gasteiger partial charge on any atom is -0.488 e. The maximum atomic E-state index is 11.2. The maximum absolute atomic E-state index is 11.2. The van der Waals surface area contributed by atoms with Crippen LogP contribution in [0.2, 0.25) is 0 Å².